The van der Waals surface area contributed by atoms with Crippen LogP contribution in [0.15, 0.2) is 29.2 Å². The van der Waals surface area contributed by atoms with Gasteiger partial charge in [0.2, 0.25) is 5.91 Å². The topological polar surface area (TPSA) is 90.0 Å². The predicted octanol–water partition coefficient (Wildman–Crippen LogP) is 2.87. The van der Waals surface area contributed by atoms with Gasteiger partial charge in [0.05, 0.1) is 11.5 Å². The average molecular weight is 383 g/mol. The molecule has 0 N–H and O–H groups in total. The predicted molar refractivity (Wildman–Crippen MR) is 95.0 cm³/mol. The van der Waals surface area contributed by atoms with Gasteiger partial charge in [0, 0.05) is 13.0 Å². The zero-order valence-electron chi connectivity index (χ0n) is 15.5. The maximum atomic E-state index is 12.1. The summed E-state index contributed by atoms with van der Waals surface area (Å²) in [5, 5.41) is 0. The standard InChI is InChI=1S/C18H25NO6S/c1-13-5-7-15(8-6-13)26(22,23)24-10-9-14-11-16(20)19(12-14)17(21)25-18(2,3)4/h5-8,14H,9-12H2,1-4H3/t14-/m0/s1. The third kappa shape index (κ3) is 5.54. The second kappa shape index (κ2) is 7.75. The largest absolute Gasteiger partial charge is 0.443 e. The van der Waals surface area contributed by atoms with E-state index >= 15 is 0 Å². The van der Waals surface area contributed by atoms with E-state index in [0.717, 1.165) is 10.5 Å². The first-order chi connectivity index (χ1) is 12.0. The molecule has 7 nitrogen and oxygen atoms in total. The monoisotopic (exact) mass is 383 g/mol. The minimum atomic E-state index is -3.83. The Hall–Kier alpha value is -1.93. The second-order valence-corrected chi connectivity index (χ2v) is 9.05. The van der Waals surface area contributed by atoms with Gasteiger partial charge in [-0.15, -0.1) is 0 Å². The lowest BCUT2D eigenvalue weighted by atomic mass is 10.1. The molecule has 2 amide bonds. The van der Waals surface area contributed by atoms with Crippen LogP contribution < -0.4 is 0 Å². The summed E-state index contributed by atoms with van der Waals surface area (Å²) in [6, 6.07) is 6.39. The molecule has 1 aliphatic heterocycles. The zero-order chi connectivity index (χ0) is 19.5. The molecule has 0 bridgehead atoms. The molecular weight excluding hydrogens is 358 g/mol. The van der Waals surface area contributed by atoms with Crippen molar-refractivity contribution in [1.82, 2.24) is 4.90 Å². The van der Waals surface area contributed by atoms with Gasteiger partial charge in [-0.05, 0) is 52.2 Å². The van der Waals surface area contributed by atoms with E-state index in [4.69, 9.17) is 8.92 Å². The van der Waals surface area contributed by atoms with Crippen LogP contribution in [0.2, 0.25) is 0 Å². The van der Waals surface area contributed by atoms with E-state index in [1.165, 1.54) is 12.1 Å². The molecule has 1 atom stereocenters. The number of imide groups is 1. The van der Waals surface area contributed by atoms with Gasteiger partial charge in [-0.1, -0.05) is 17.7 Å². The first kappa shape index (κ1) is 20.4. The number of carbonyl (C=O) groups is 2. The summed E-state index contributed by atoms with van der Waals surface area (Å²) in [5.74, 6) is -0.464. The molecule has 26 heavy (non-hydrogen) atoms. The summed E-state index contributed by atoms with van der Waals surface area (Å²) in [6.07, 6.45) is -0.137. The highest BCUT2D eigenvalue weighted by Gasteiger charge is 2.36. The maximum absolute atomic E-state index is 12.1. The second-order valence-electron chi connectivity index (χ2n) is 7.43. The Morgan fingerprint density at radius 2 is 1.85 bits per heavy atom. The number of carbonyl (C=O) groups excluding carboxylic acids is 2. The lowest BCUT2D eigenvalue weighted by Crippen LogP contribution is -2.37. The van der Waals surface area contributed by atoms with Gasteiger partial charge in [-0.25, -0.2) is 9.69 Å². The number of amides is 2. The molecule has 1 aromatic rings. The van der Waals surface area contributed by atoms with Gasteiger partial charge in [-0.2, -0.15) is 8.42 Å². The number of likely N-dealkylation sites (tertiary alicyclic amines) is 1. The van der Waals surface area contributed by atoms with Crippen LogP contribution in [0.25, 0.3) is 0 Å². The quantitative estimate of drug-likeness (QED) is 0.726. The van der Waals surface area contributed by atoms with Gasteiger partial charge in [0.15, 0.2) is 0 Å². The zero-order valence-corrected chi connectivity index (χ0v) is 16.3. The van der Waals surface area contributed by atoms with E-state index in [1.54, 1.807) is 32.9 Å². The Kier molecular flexibility index (Phi) is 6.08. The molecule has 1 aromatic carbocycles. The fourth-order valence-electron chi connectivity index (χ4n) is 2.57. The van der Waals surface area contributed by atoms with Crippen molar-refractivity contribution >= 4 is 22.1 Å². The Morgan fingerprint density at radius 1 is 1.23 bits per heavy atom. The van der Waals surface area contributed by atoms with Crippen LogP contribution in [0.5, 0.6) is 0 Å². The lowest BCUT2D eigenvalue weighted by molar-refractivity contribution is -0.127. The highest BCUT2D eigenvalue weighted by Crippen LogP contribution is 2.24. The molecule has 0 spiro atoms. The molecular formula is C18H25NO6S. The van der Waals surface area contributed by atoms with Crippen LogP contribution in [0.4, 0.5) is 4.79 Å². The van der Waals surface area contributed by atoms with Crippen molar-refractivity contribution in [1.29, 1.82) is 0 Å². The van der Waals surface area contributed by atoms with Gasteiger partial charge >= 0.3 is 6.09 Å². The molecule has 0 radical (unpaired) electrons. The van der Waals surface area contributed by atoms with E-state index in [-0.39, 0.29) is 36.3 Å². The molecule has 1 fully saturated rings. The van der Waals surface area contributed by atoms with Crippen molar-refractivity contribution in [3.05, 3.63) is 29.8 Å². The maximum Gasteiger partial charge on any atom is 0.417 e. The number of rotatable bonds is 5. The van der Waals surface area contributed by atoms with Gasteiger partial charge in [0.25, 0.3) is 10.1 Å². The molecule has 0 saturated carbocycles. The first-order valence-electron chi connectivity index (χ1n) is 8.47. The number of hydrogen-bond donors (Lipinski definition) is 0. The number of nitrogens with zero attached hydrogens (tertiary/aromatic N) is 1. The Labute approximate surface area is 154 Å². The van der Waals surface area contributed by atoms with E-state index in [0.29, 0.717) is 6.42 Å². The normalized spacial score (nSPS) is 18.2. The number of aryl methyl sites for hydroxylation is 1. The summed E-state index contributed by atoms with van der Waals surface area (Å²) in [7, 11) is -3.83. The Balaban J connectivity index is 1.86. The van der Waals surface area contributed by atoms with Gasteiger partial charge in [-0.3, -0.25) is 8.98 Å². The van der Waals surface area contributed by atoms with Gasteiger partial charge in [0.1, 0.15) is 5.60 Å². The first-order valence-corrected chi connectivity index (χ1v) is 9.88. The number of hydrogen-bond acceptors (Lipinski definition) is 6. The number of benzene rings is 1. The van der Waals surface area contributed by atoms with Crippen molar-refractivity contribution in [3.8, 4) is 0 Å². The Bertz CT molecular complexity index is 764. The number of ether oxygens (including phenoxy) is 1. The van der Waals surface area contributed by atoms with E-state index in [9.17, 15) is 18.0 Å². The molecule has 0 unspecified atom stereocenters. The highest BCUT2D eigenvalue weighted by molar-refractivity contribution is 7.86. The van der Waals surface area contributed by atoms with Crippen molar-refractivity contribution in [2.24, 2.45) is 5.92 Å². The summed E-state index contributed by atoms with van der Waals surface area (Å²) in [5.41, 5.74) is 0.274. The molecule has 8 heteroatoms. The molecule has 0 aliphatic carbocycles. The van der Waals surface area contributed by atoms with Crippen molar-refractivity contribution in [3.63, 3.8) is 0 Å². The summed E-state index contributed by atoms with van der Waals surface area (Å²) in [4.78, 5) is 25.2. The van der Waals surface area contributed by atoms with Gasteiger partial charge < -0.3 is 4.74 Å². The Morgan fingerprint density at radius 3 is 2.42 bits per heavy atom. The average Bonchev–Trinajstić information content (AvgIpc) is 2.87. The lowest BCUT2D eigenvalue weighted by Gasteiger charge is -2.23. The molecule has 1 heterocycles. The fourth-order valence-corrected chi connectivity index (χ4v) is 3.49. The molecule has 1 aliphatic rings. The van der Waals surface area contributed by atoms with E-state index in [2.05, 4.69) is 0 Å². The molecule has 1 saturated heterocycles. The van der Waals surface area contributed by atoms with Crippen LogP contribution >= 0.6 is 0 Å². The molecule has 144 valence electrons. The van der Waals surface area contributed by atoms with Crippen LogP contribution in [0.1, 0.15) is 39.2 Å². The van der Waals surface area contributed by atoms with Crippen LogP contribution in [0, 0.1) is 12.8 Å². The smallest absolute Gasteiger partial charge is 0.417 e. The highest BCUT2D eigenvalue weighted by atomic mass is 32.2. The van der Waals surface area contributed by atoms with Crippen molar-refractivity contribution in [2.45, 2.75) is 51.0 Å². The SMILES string of the molecule is Cc1ccc(S(=O)(=O)OCC[C@H]2CC(=O)N(C(=O)OC(C)(C)C)C2)cc1. The van der Waals surface area contributed by atoms with E-state index in [1.807, 2.05) is 6.92 Å². The third-order valence-electron chi connectivity index (χ3n) is 3.89. The summed E-state index contributed by atoms with van der Waals surface area (Å²) >= 11 is 0. The molecule has 0 aromatic heterocycles. The summed E-state index contributed by atoms with van der Waals surface area (Å²) in [6.45, 7) is 7.22. The minimum absolute atomic E-state index is 0.0453. The third-order valence-corrected chi connectivity index (χ3v) is 5.22. The minimum Gasteiger partial charge on any atom is -0.443 e. The van der Waals surface area contributed by atoms with E-state index < -0.39 is 21.8 Å². The van der Waals surface area contributed by atoms with Crippen molar-refractivity contribution < 1.29 is 26.9 Å². The van der Waals surface area contributed by atoms with Crippen LogP contribution in [-0.4, -0.2) is 44.1 Å². The molecule has 2 rings (SSSR count). The van der Waals surface area contributed by atoms with Crippen molar-refractivity contribution in [2.75, 3.05) is 13.2 Å². The van der Waals surface area contributed by atoms with Crippen LogP contribution in [-0.2, 0) is 23.8 Å². The van der Waals surface area contributed by atoms with Crippen LogP contribution in [0.3, 0.4) is 0 Å². The fraction of sp³-hybridized carbons (Fsp3) is 0.556. The summed E-state index contributed by atoms with van der Waals surface area (Å²) < 4.78 is 34.5.